The van der Waals surface area contributed by atoms with Crippen LogP contribution in [0.1, 0.15) is 27.7 Å². The lowest BCUT2D eigenvalue weighted by Crippen LogP contribution is -2.30. The molecule has 0 radical (unpaired) electrons. The van der Waals surface area contributed by atoms with Gasteiger partial charge in [-0.2, -0.15) is 0 Å². The smallest absolute Gasteiger partial charge is 0.227 e. The van der Waals surface area contributed by atoms with Crippen LogP contribution >= 0.6 is 12.4 Å². The number of carbonyl (C=O) groups excluding carboxylic acids is 1. The van der Waals surface area contributed by atoms with Crippen molar-refractivity contribution in [3.8, 4) is 5.75 Å². The Morgan fingerprint density at radius 2 is 1.95 bits per heavy atom. The fraction of sp³-hybridized carbons (Fsp3) is 0.500. The second-order valence-corrected chi connectivity index (χ2v) is 5.53. The molecule has 0 bridgehead atoms. The van der Waals surface area contributed by atoms with Crippen LogP contribution in [0, 0.1) is 11.3 Å². The van der Waals surface area contributed by atoms with Crippen molar-refractivity contribution in [1.82, 2.24) is 0 Å². The lowest BCUT2D eigenvalue weighted by molar-refractivity contribution is -0.122. The quantitative estimate of drug-likeness (QED) is 0.838. The van der Waals surface area contributed by atoms with Crippen LogP contribution in [0.25, 0.3) is 0 Å². The van der Waals surface area contributed by atoms with Crippen molar-refractivity contribution in [3.05, 3.63) is 18.2 Å². The molecule has 19 heavy (non-hydrogen) atoms. The van der Waals surface area contributed by atoms with Gasteiger partial charge in [-0.1, -0.05) is 27.7 Å². The highest BCUT2D eigenvalue weighted by atomic mass is 35.5. The van der Waals surface area contributed by atoms with Gasteiger partial charge in [0.2, 0.25) is 5.91 Å². The standard InChI is InChI=1S/C14H22N2O2.ClH/c1-9(14(2,3)4)13(17)16-10-6-7-12(18-5)11(15)8-10;/h6-9H,15H2,1-5H3,(H,16,17);1H. The van der Waals surface area contributed by atoms with Gasteiger partial charge < -0.3 is 15.8 Å². The SMILES string of the molecule is COc1ccc(NC(=O)C(C)C(C)(C)C)cc1N.Cl. The Bertz CT molecular complexity index is 442. The highest BCUT2D eigenvalue weighted by Gasteiger charge is 2.26. The summed E-state index contributed by atoms with van der Waals surface area (Å²) < 4.78 is 5.07. The summed E-state index contributed by atoms with van der Waals surface area (Å²) in [5, 5.41) is 2.87. The molecule has 0 aliphatic heterocycles. The number of methoxy groups -OCH3 is 1. The van der Waals surface area contributed by atoms with Crippen molar-refractivity contribution >= 4 is 29.7 Å². The Hall–Kier alpha value is -1.42. The first kappa shape index (κ1) is 17.6. The molecule has 1 rings (SSSR count). The third kappa shape index (κ3) is 4.63. The molecule has 1 atom stereocenters. The van der Waals surface area contributed by atoms with Gasteiger partial charge in [-0.15, -0.1) is 12.4 Å². The summed E-state index contributed by atoms with van der Waals surface area (Å²) in [6, 6.07) is 5.22. The van der Waals surface area contributed by atoms with E-state index in [-0.39, 0.29) is 29.6 Å². The molecule has 3 N–H and O–H groups in total. The van der Waals surface area contributed by atoms with Gasteiger partial charge in [0.05, 0.1) is 12.8 Å². The highest BCUT2D eigenvalue weighted by molar-refractivity contribution is 5.93. The van der Waals surface area contributed by atoms with Crippen LogP contribution in [0.3, 0.4) is 0 Å². The molecular weight excluding hydrogens is 264 g/mol. The number of amides is 1. The molecule has 5 heteroatoms. The molecule has 1 aromatic carbocycles. The van der Waals surface area contributed by atoms with Crippen LogP contribution < -0.4 is 15.8 Å². The predicted molar refractivity (Wildman–Crippen MR) is 81.9 cm³/mol. The van der Waals surface area contributed by atoms with Gasteiger partial charge >= 0.3 is 0 Å². The summed E-state index contributed by atoms with van der Waals surface area (Å²) in [5.74, 6) is 0.518. The van der Waals surface area contributed by atoms with E-state index >= 15 is 0 Å². The second kappa shape index (κ2) is 6.66. The topological polar surface area (TPSA) is 64.3 Å². The van der Waals surface area contributed by atoms with Crippen LogP contribution in [-0.2, 0) is 4.79 Å². The summed E-state index contributed by atoms with van der Waals surface area (Å²) in [7, 11) is 1.56. The van der Waals surface area contributed by atoms with E-state index in [1.807, 2.05) is 27.7 Å². The molecule has 0 fully saturated rings. The van der Waals surface area contributed by atoms with Gasteiger partial charge in [-0.25, -0.2) is 0 Å². The minimum absolute atomic E-state index is 0. The van der Waals surface area contributed by atoms with Gasteiger partial charge in [0, 0.05) is 11.6 Å². The third-order valence-corrected chi connectivity index (χ3v) is 3.19. The Morgan fingerprint density at radius 1 is 1.37 bits per heavy atom. The minimum atomic E-state index is -0.0826. The fourth-order valence-corrected chi connectivity index (χ4v) is 1.46. The molecule has 0 aliphatic carbocycles. The molecule has 1 amide bonds. The van der Waals surface area contributed by atoms with Crippen LogP contribution in [0.4, 0.5) is 11.4 Å². The minimum Gasteiger partial charge on any atom is -0.495 e. The number of nitrogens with one attached hydrogen (secondary N) is 1. The first-order valence-corrected chi connectivity index (χ1v) is 6.00. The van der Waals surface area contributed by atoms with E-state index in [9.17, 15) is 4.79 Å². The van der Waals surface area contributed by atoms with Gasteiger partial charge in [0.1, 0.15) is 5.75 Å². The van der Waals surface area contributed by atoms with Crippen molar-refractivity contribution in [2.75, 3.05) is 18.2 Å². The van der Waals surface area contributed by atoms with Crippen molar-refractivity contribution in [1.29, 1.82) is 0 Å². The zero-order chi connectivity index (χ0) is 13.9. The van der Waals surface area contributed by atoms with Crippen molar-refractivity contribution < 1.29 is 9.53 Å². The number of nitrogens with two attached hydrogens (primary N) is 1. The summed E-state index contributed by atoms with van der Waals surface area (Å²) in [5.41, 5.74) is 6.93. The van der Waals surface area contributed by atoms with E-state index < -0.39 is 0 Å². The van der Waals surface area contributed by atoms with E-state index in [1.165, 1.54) is 0 Å². The van der Waals surface area contributed by atoms with E-state index in [1.54, 1.807) is 25.3 Å². The zero-order valence-corrected chi connectivity index (χ0v) is 12.9. The zero-order valence-electron chi connectivity index (χ0n) is 12.1. The summed E-state index contributed by atoms with van der Waals surface area (Å²) >= 11 is 0. The van der Waals surface area contributed by atoms with E-state index in [4.69, 9.17) is 10.5 Å². The van der Waals surface area contributed by atoms with Crippen molar-refractivity contribution in [2.24, 2.45) is 11.3 Å². The fourth-order valence-electron chi connectivity index (χ4n) is 1.46. The molecule has 0 aromatic heterocycles. The molecule has 4 nitrogen and oxygen atoms in total. The van der Waals surface area contributed by atoms with E-state index in [0.717, 1.165) is 0 Å². The average Bonchev–Trinajstić information content (AvgIpc) is 2.27. The molecule has 0 aliphatic rings. The average molecular weight is 287 g/mol. The molecule has 0 spiro atoms. The Morgan fingerprint density at radius 3 is 2.37 bits per heavy atom. The van der Waals surface area contributed by atoms with Gasteiger partial charge in [0.15, 0.2) is 0 Å². The lowest BCUT2D eigenvalue weighted by atomic mass is 9.81. The number of hydrogen-bond donors (Lipinski definition) is 2. The van der Waals surface area contributed by atoms with Crippen LogP contribution in [0.5, 0.6) is 5.75 Å². The number of hydrogen-bond acceptors (Lipinski definition) is 3. The maximum atomic E-state index is 12.0. The Kier molecular flexibility index (Phi) is 6.16. The largest absolute Gasteiger partial charge is 0.495 e. The van der Waals surface area contributed by atoms with E-state index in [0.29, 0.717) is 17.1 Å². The normalized spacial score (nSPS) is 12.3. The molecule has 1 aromatic rings. The van der Waals surface area contributed by atoms with Crippen molar-refractivity contribution in [2.45, 2.75) is 27.7 Å². The van der Waals surface area contributed by atoms with Crippen LogP contribution in [0.2, 0.25) is 0 Å². The number of rotatable bonds is 3. The predicted octanol–water partition coefficient (Wildman–Crippen LogP) is 3.32. The molecule has 108 valence electrons. The van der Waals surface area contributed by atoms with E-state index in [2.05, 4.69) is 5.32 Å². The molecular formula is C14H23ClN2O2. The molecule has 0 saturated heterocycles. The summed E-state index contributed by atoms with van der Waals surface area (Å²) in [6.07, 6.45) is 0. The Labute approximate surface area is 121 Å². The van der Waals surface area contributed by atoms with Crippen molar-refractivity contribution in [3.63, 3.8) is 0 Å². The molecule has 1 unspecified atom stereocenters. The first-order chi connectivity index (χ1) is 8.25. The van der Waals surface area contributed by atoms with Gasteiger partial charge in [-0.3, -0.25) is 4.79 Å². The number of halogens is 1. The number of carbonyl (C=O) groups is 1. The number of anilines is 2. The summed E-state index contributed by atoms with van der Waals surface area (Å²) in [6.45, 7) is 8.04. The maximum Gasteiger partial charge on any atom is 0.227 e. The number of ether oxygens (including phenoxy) is 1. The monoisotopic (exact) mass is 286 g/mol. The lowest BCUT2D eigenvalue weighted by Gasteiger charge is -2.26. The van der Waals surface area contributed by atoms with Crippen LogP contribution in [0.15, 0.2) is 18.2 Å². The second-order valence-electron chi connectivity index (χ2n) is 5.53. The summed E-state index contributed by atoms with van der Waals surface area (Å²) in [4.78, 5) is 12.0. The third-order valence-electron chi connectivity index (χ3n) is 3.19. The number of nitrogen functional groups attached to an aromatic ring is 1. The first-order valence-electron chi connectivity index (χ1n) is 6.00. The molecule has 0 saturated carbocycles. The maximum absolute atomic E-state index is 12.0. The number of benzene rings is 1. The Balaban J connectivity index is 0.00000324. The van der Waals surface area contributed by atoms with Crippen LogP contribution in [-0.4, -0.2) is 13.0 Å². The van der Waals surface area contributed by atoms with Gasteiger partial charge in [0.25, 0.3) is 0 Å². The molecule has 0 heterocycles. The van der Waals surface area contributed by atoms with Gasteiger partial charge in [-0.05, 0) is 23.6 Å². The highest BCUT2D eigenvalue weighted by Crippen LogP contribution is 2.28.